The number of nitrogens with zero attached hydrogens (tertiary/aromatic N) is 1. The summed E-state index contributed by atoms with van der Waals surface area (Å²) in [5, 5.41) is 10.6. The van der Waals surface area contributed by atoms with E-state index in [1.54, 1.807) is 35.2 Å². The van der Waals surface area contributed by atoms with Gasteiger partial charge in [-0.1, -0.05) is 17.8 Å². The highest BCUT2D eigenvalue weighted by atomic mass is 32.2. The fraction of sp³-hybridized carbons (Fsp3) is 0. The van der Waals surface area contributed by atoms with Crippen molar-refractivity contribution >= 4 is 58.6 Å². The van der Waals surface area contributed by atoms with E-state index in [9.17, 15) is 14.9 Å². The van der Waals surface area contributed by atoms with Gasteiger partial charge in [0.2, 0.25) is 0 Å². The molecule has 7 heteroatoms. The number of hydrogen-bond donors (Lipinski definition) is 0. The molecule has 2 aromatic heterocycles. The molecule has 0 bridgehead atoms. The lowest BCUT2D eigenvalue weighted by Gasteiger charge is -1.93. The van der Waals surface area contributed by atoms with Gasteiger partial charge in [0.1, 0.15) is 0 Å². The second kappa shape index (κ2) is 7.57. The Morgan fingerprint density at radius 1 is 0.875 bits per heavy atom. The number of carbonyl (C=O) groups excluding carboxylic acids is 1. The van der Waals surface area contributed by atoms with Crippen molar-refractivity contribution in [2.75, 3.05) is 0 Å². The Morgan fingerprint density at radius 2 is 1.50 bits per heavy atom. The van der Waals surface area contributed by atoms with Crippen molar-refractivity contribution in [2.24, 2.45) is 0 Å². The Kier molecular flexibility index (Phi) is 5.24. The van der Waals surface area contributed by atoms with Crippen LogP contribution in [0.1, 0.15) is 20.1 Å². The summed E-state index contributed by atoms with van der Waals surface area (Å²) < 4.78 is 2.24. The Labute approximate surface area is 150 Å². The van der Waals surface area contributed by atoms with E-state index in [2.05, 4.69) is 0 Å². The van der Waals surface area contributed by atoms with Crippen molar-refractivity contribution in [2.45, 2.75) is 8.42 Å². The molecule has 24 heavy (non-hydrogen) atoms. The van der Waals surface area contributed by atoms with Gasteiger partial charge in [-0.15, -0.1) is 22.7 Å². The molecule has 0 saturated carbocycles. The van der Waals surface area contributed by atoms with E-state index in [0.29, 0.717) is 0 Å². The molecule has 0 radical (unpaired) electrons. The lowest BCUT2D eigenvalue weighted by molar-refractivity contribution is -0.384. The Morgan fingerprint density at radius 3 is 2.08 bits per heavy atom. The van der Waals surface area contributed by atoms with Gasteiger partial charge in [0.25, 0.3) is 5.69 Å². The van der Waals surface area contributed by atoms with Crippen molar-refractivity contribution in [3.05, 3.63) is 74.0 Å². The number of nitro groups is 1. The summed E-state index contributed by atoms with van der Waals surface area (Å²) in [5.41, 5.74) is 1.00. The van der Waals surface area contributed by atoms with Crippen LogP contribution in [0.15, 0.2) is 56.9 Å². The van der Waals surface area contributed by atoms with E-state index in [0.717, 1.165) is 30.0 Å². The summed E-state index contributed by atoms with van der Waals surface area (Å²) >= 11 is 4.78. The molecule has 3 aromatic rings. The van der Waals surface area contributed by atoms with Crippen LogP contribution in [0.25, 0.3) is 12.2 Å². The molecule has 0 N–H and O–H groups in total. The number of nitro benzene ring substituents is 1. The molecule has 0 spiro atoms. The van der Waals surface area contributed by atoms with Crippen LogP contribution in [0.3, 0.4) is 0 Å². The Hall–Kier alpha value is -2.22. The zero-order valence-corrected chi connectivity index (χ0v) is 14.7. The van der Waals surface area contributed by atoms with E-state index < -0.39 is 4.92 Å². The van der Waals surface area contributed by atoms with Crippen LogP contribution >= 0.6 is 34.4 Å². The fourth-order valence-electron chi connectivity index (χ4n) is 1.92. The number of non-ortho nitro benzene ring substituents is 1. The predicted octanol–water partition coefficient (Wildman–Crippen LogP) is 5.85. The molecule has 3 rings (SSSR count). The monoisotopic (exact) mass is 373 g/mol. The molecule has 120 valence electrons. The summed E-state index contributed by atoms with van der Waals surface area (Å²) in [7, 11) is 0. The third-order valence-corrected chi connectivity index (χ3v) is 6.39. The summed E-state index contributed by atoms with van der Waals surface area (Å²) in [6.45, 7) is 0. The summed E-state index contributed by atoms with van der Waals surface area (Å²) in [4.78, 5) is 22.8. The van der Waals surface area contributed by atoms with Crippen molar-refractivity contribution in [1.29, 1.82) is 0 Å². The van der Waals surface area contributed by atoms with Crippen LogP contribution in [0.4, 0.5) is 5.69 Å². The molecule has 0 aliphatic rings. The smallest absolute Gasteiger partial charge is 0.269 e. The maximum atomic E-state index is 10.7. The van der Waals surface area contributed by atoms with E-state index in [4.69, 9.17) is 0 Å². The highest BCUT2D eigenvalue weighted by Crippen LogP contribution is 2.37. The third kappa shape index (κ3) is 4.19. The molecule has 0 amide bonds. The normalized spacial score (nSPS) is 11.0. The van der Waals surface area contributed by atoms with Gasteiger partial charge in [-0.05, 0) is 48.0 Å². The van der Waals surface area contributed by atoms with Gasteiger partial charge >= 0.3 is 0 Å². The van der Waals surface area contributed by atoms with E-state index in [-0.39, 0.29) is 5.69 Å². The van der Waals surface area contributed by atoms with E-state index in [1.807, 2.05) is 36.4 Å². The molecule has 2 heterocycles. The molecule has 1 aromatic carbocycles. The van der Waals surface area contributed by atoms with Crippen LogP contribution in [0.5, 0.6) is 0 Å². The minimum atomic E-state index is -0.406. The summed E-state index contributed by atoms with van der Waals surface area (Å²) in [6, 6.07) is 14.3. The van der Waals surface area contributed by atoms with Gasteiger partial charge in [0.15, 0.2) is 6.29 Å². The fourth-order valence-corrected chi connectivity index (χ4v) is 5.19. The van der Waals surface area contributed by atoms with Gasteiger partial charge in [-0.3, -0.25) is 14.9 Å². The maximum Gasteiger partial charge on any atom is 0.269 e. The first-order valence-corrected chi connectivity index (χ1v) is 9.34. The van der Waals surface area contributed by atoms with Gasteiger partial charge in [-0.2, -0.15) is 0 Å². The zero-order valence-electron chi connectivity index (χ0n) is 12.2. The maximum absolute atomic E-state index is 10.7. The summed E-state index contributed by atoms with van der Waals surface area (Å²) in [6.07, 6.45) is 4.78. The molecule has 4 nitrogen and oxygen atoms in total. The molecular weight excluding hydrogens is 362 g/mol. The molecule has 0 unspecified atom stereocenters. The topological polar surface area (TPSA) is 60.2 Å². The van der Waals surface area contributed by atoms with Gasteiger partial charge in [0.05, 0.1) is 18.2 Å². The standard InChI is InChI=1S/C17H11NO3S3/c19-11-15-8-10-17(23-15)24-16-9-7-14(22-16)6-3-12-1-4-13(5-2-12)18(20)21/h1-11H/b6-3-. The number of carbonyl (C=O) groups is 1. The van der Waals surface area contributed by atoms with Crippen molar-refractivity contribution in [1.82, 2.24) is 0 Å². The Bertz CT molecular complexity index is 894. The van der Waals surface area contributed by atoms with Crippen molar-refractivity contribution in [3.8, 4) is 0 Å². The van der Waals surface area contributed by atoms with E-state index in [1.165, 1.54) is 23.5 Å². The molecule has 0 aliphatic carbocycles. The number of rotatable bonds is 6. The largest absolute Gasteiger partial charge is 0.297 e. The molecule has 0 fully saturated rings. The Balaban J connectivity index is 1.66. The minimum absolute atomic E-state index is 0.0904. The third-order valence-electron chi connectivity index (χ3n) is 3.07. The second-order valence-corrected chi connectivity index (χ2v) is 8.55. The highest BCUT2D eigenvalue weighted by Gasteiger charge is 2.05. The van der Waals surface area contributed by atoms with E-state index >= 15 is 0 Å². The van der Waals surface area contributed by atoms with Gasteiger partial charge < -0.3 is 0 Å². The number of thiophene rings is 2. The molecule has 0 saturated heterocycles. The van der Waals surface area contributed by atoms with Crippen LogP contribution in [-0.4, -0.2) is 11.2 Å². The first kappa shape index (κ1) is 16.6. The quantitative estimate of drug-likeness (QED) is 0.309. The first-order chi connectivity index (χ1) is 11.6. The first-order valence-electron chi connectivity index (χ1n) is 6.89. The molecule has 0 atom stereocenters. The minimum Gasteiger partial charge on any atom is -0.297 e. The average molecular weight is 373 g/mol. The van der Waals surface area contributed by atoms with Crippen LogP contribution in [0.2, 0.25) is 0 Å². The number of benzene rings is 1. The van der Waals surface area contributed by atoms with Gasteiger partial charge in [-0.25, -0.2) is 0 Å². The average Bonchev–Trinajstić information content (AvgIpc) is 3.23. The lowest BCUT2D eigenvalue weighted by Crippen LogP contribution is -1.86. The van der Waals surface area contributed by atoms with Crippen LogP contribution < -0.4 is 0 Å². The van der Waals surface area contributed by atoms with Crippen molar-refractivity contribution in [3.63, 3.8) is 0 Å². The van der Waals surface area contributed by atoms with Crippen LogP contribution in [-0.2, 0) is 0 Å². The summed E-state index contributed by atoms with van der Waals surface area (Å²) in [5.74, 6) is 0. The van der Waals surface area contributed by atoms with Crippen LogP contribution in [0, 0.1) is 10.1 Å². The van der Waals surface area contributed by atoms with Crippen molar-refractivity contribution < 1.29 is 9.72 Å². The number of hydrogen-bond acceptors (Lipinski definition) is 6. The predicted molar refractivity (Wildman–Crippen MR) is 100 cm³/mol. The SMILES string of the molecule is O=Cc1ccc(Sc2ccc(/C=C\c3ccc([N+](=O)[O-])cc3)s2)s1. The molecular formula is C17H11NO3S3. The lowest BCUT2D eigenvalue weighted by atomic mass is 10.2. The number of aldehydes is 1. The highest BCUT2D eigenvalue weighted by molar-refractivity contribution is 8.02. The molecule has 0 aliphatic heterocycles. The van der Waals surface area contributed by atoms with Gasteiger partial charge in [0, 0.05) is 17.0 Å². The second-order valence-electron chi connectivity index (χ2n) is 4.72. The zero-order chi connectivity index (χ0) is 16.9.